The fraction of sp³-hybridized carbons (Fsp3) is 0.250. The molecule has 2 rings (SSSR count). The van der Waals surface area contributed by atoms with Crippen molar-refractivity contribution in [2.24, 2.45) is 0 Å². The second-order valence-corrected chi connectivity index (χ2v) is 4.75. The highest BCUT2D eigenvalue weighted by atomic mass is 16.5. The van der Waals surface area contributed by atoms with Crippen molar-refractivity contribution in [2.45, 2.75) is 20.4 Å². The molecular weight excluding hydrogens is 266 g/mol. The van der Waals surface area contributed by atoms with Gasteiger partial charge in [0.05, 0.1) is 7.11 Å². The molecule has 1 aromatic heterocycles. The first kappa shape index (κ1) is 14.8. The van der Waals surface area contributed by atoms with E-state index in [0.717, 1.165) is 22.4 Å². The third kappa shape index (κ3) is 3.72. The monoisotopic (exact) mass is 285 g/mol. The Kier molecular flexibility index (Phi) is 4.77. The first-order valence-electron chi connectivity index (χ1n) is 6.70. The van der Waals surface area contributed by atoms with E-state index in [9.17, 15) is 4.79 Å². The van der Waals surface area contributed by atoms with Crippen LogP contribution < -0.4 is 15.4 Å². The molecule has 0 spiro atoms. The average Bonchev–Trinajstić information content (AvgIpc) is 2.49. The highest BCUT2D eigenvalue weighted by Crippen LogP contribution is 2.19. The number of anilines is 1. The molecule has 110 valence electrons. The van der Waals surface area contributed by atoms with Crippen molar-refractivity contribution in [1.82, 2.24) is 10.3 Å². The Morgan fingerprint density at radius 1 is 1.19 bits per heavy atom. The maximum absolute atomic E-state index is 12.0. The van der Waals surface area contributed by atoms with Gasteiger partial charge in [0.1, 0.15) is 0 Å². The van der Waals surface area contributed by atoms with Crippen LogP contribution in [0.3, 0.4) is 0 Å². The molecule has 1 heterocycles. The van der Waals surface area contributed by atoms with Gasteiger partial charge in [0.25, 0.3) is 0 Å². The number of rotatable bonds is 4. The first-order valence-corrected chi connectivity index (χ1v) is 6.70. The molecule has 1 aromatic carbocycles. The van der Waals surface area contributed by atoms with E-state index >= 15 is 0 Å². The lowest BCUT2D eigenvalue weighted by atomic mass is 10.1. The fourth-order valence-electron chi connectivity index (χ4n) is 2.09. The summed E-state index contributed by atoms with van der Waals surface area (Å²) >= 11 is 0. The number of aryl methyl sites for hydroxylation is 2. The summed E-state index contributed by atoms with van der Waals surface area (Å²) in [6.07, 6.45) is 1.65. The minimum atomic E-state index is -0.252. The van der Waals surface area contributed by atoms with Crippen molar-refractivity contribution < 1.29 is 9.53 Å². The van der Waals surface area contributed by atoms with E-state index in [1.807, 2.05) is 44.2 Å². The quantitative estimate of drug-likeness (QED) is 0.907. The molecule has 0 fully saturated rings. The first-order chi connectivity index (χ1) is 10.1. The Balaban J connectivity index is 1.99. The molecule has 2 amide bonds. The SMILES string of the molecule is COc1ncccc1CNC(=O)Nc1c(C)cccc1C. The summed E-state index contributed by atoms with van der Waals surface area (Å²) in [6, 6.07) is 9.32. The smallest absolute Gasteiger partial charge is 0.319 e. The zero-order chi connectivity index (χ0) is 15.2. The zero-order valence-electron chi connectivity index (χ0n) is 12.4. The number of hydrogen-bond donors (Lipinski definition) is 2. The van der Waals surface area contributed by atoms with Gasteiger partial charge in [0, 0.05) is 24.0 Å². The average molecular weight is 285 g/mol. The Bertz CT molecular complexity index is 621. The van der Waals surface area contributed by atoms with Gasteiger partial charge in [-0.15, -0.1) is 0 Å². The van der Waals surface area contributed by atoms with Crippen molar-refractivity contribution in [3.63, 3.8) is 0 Å². The number of carbonyl (C=O) groups is 1. The van der Waals surface area contributed by atoms with Crippen LogP contribution in [0.4, 0.5) is 10.5 Å². The predicted molar refractivity (Wildman–Crippen MR) is 82.6 cm³/mol. The Hall–Kier alpha value is -2.56. The molecule has 2 aromatic rings. The number of ether oxygens (including phenoxy) is 1. The van der Waals surface area contributed by atoms with Gasteiger partial charge in [-0.1, -0.05) is 24.3 Å². The molecular formula is C16H19N3O2. The third-order valence-electron chi connectivity index (χ3n) is 3.20. The van der Waals surface area contributed by atoms with Crippen LogP contribution in [0.1, 0.15) is 16.7 Å². The van der Waals surface area contributed by atoms with Crippen LogP contribution in [0.25, 0.3) is 0 Å². The largest absolute Gasteiger partial charge is 0.481 e. The molecule has 0 saturated heterocycles. The number of pyridine rings is 1. The minimum Gasteiger partial charge on any atom is -0.481 e. The van der Waals surface area contributed by atoms with Crippen molar-refractivity contribution >= 4 is 11.7 Å². The van der Waals surface area contributed by atoms with Crippen LogP contribution in [0.5, 0.6) is 5.88 Å². The van der Waals surface area contributed by atoms with Crippen molar-refractivity contribution in [1.29, 1.82) is 0 Å². The van der Waals surface area contributed by atoms with Gasteiger partial charge in [-0.2, -0.15) is 0 Å². The predicted octanol–water partition coefficient (Wildman–Crippen LogP) is 3.03. The van der Waals surface area contributed by atoms with E-state index in [1.54, 1.807) is 13.3 Å². The lowest BCUT2D eigenvalue weighted by molar-refractivity contribution is 0.251. The van der Waals surface area contributed by atoms with E-state index in [2.05, 4.69) is 15.6 Å². The summed E-state index contributed by atoms with van der Waals surface area (Å²) in [5.41, 5.74) is 3.73. The molecule has 5 nitrogen and oxygen atoms in total. The summed E-state index contributed by atoms with van der Waals surface area (Å²) in [5.74, 6) is 0.518. The summed E-state index contributed by atoms with van der Waals surface area (Å²) < 4.78 is 5.15. The van der Waals surface area contributed by atoms with Crippen molar-refractivity contribution in [3.05, 3.63) is 53.2 Å². The maximum atomic E-state index is 12.0. The van der Waals surface area contributed by atoms with Gasteiger partial charge < -0.3 is 15.4 Å². The fourth-order valence-corrected chi connectivity index (χ4v) is 2.09. The van der Waals surface area contributed by atoms with Gasteiger partial charge in [0.15, 0.2) is 0 Å². The topological polar surface area (TPSA) is 63.2 Å². The van der Waals surface area contributed by atoms with Crippen molar-refractivity contribution in [2.75, 3.05) is 12.4 Å². The Morgan fingerprint density at radius 3 is 2.57 bits per heavy atom. The summed E-state index contributed by atoms with van der Waals surface area (Å²) in [6.45, 7) is 4.29. The lowest BCUT2D eigenvalue weighted by Gasteiger charge is -2.13. The number of nitrogens with one attached hydrogen (secondary N) is 2. The molecule has 2 N–H and O–H groups in total. The number of methoxy groups -OCH3 is 1. The van der Waals surface area contributed by atoms with Crippen LogP contribution in [-0.4, -0.2) is 18.1 Å². The molecule has 0 aliphatic rings. The number of hydrogen-bond acceptors (Lipinski definition) is 3. The van der Waals surface area contributed by atoms with Crippen LogP contribution >= 0.6 is 0 Å². The maximum Gasteiger partial charge on any atom is 0.319 e. The molecule has 0 aliphatic carbocycles. The minimum absolute atomic E-state index is 0.252. The molecule has 21 heavy (non-hydrogen) atoms. The molecule has 0 aliphatic heterocycles. The number of nitrogens with zero attached hydrogens (tertiary/aromatic N) is 1. The van der Waals surface area contributed by atoms with E-state index in [4.69, 9.17) is 4.74 Å². The third-order valence-corrected chi connectivity index (χ3v) is 3.20. The summed E-state index contributed by atoms with van der Waals surface area (Å²) in [5, 5.41) is 5.68. The molecule has 0 unspecified atom stereocenters. The van der Waals surface area contributed by atoms with Crippen LogP contribution in [0.2, 0.25) is 0 Å². The number of urea groups is 1. The normalized spacial score (nSPS) is 10.0. The number of amides is 2. The Morgan fingerprint density at radius 2 is 1.90 bits per heavy atom. The summed E-state index contributed by atoms with van der Waals surface area (Å²) in [4.78, 5) is 16.1. The van der Waals surface area contributed by atoms with Crippen LogP contribution in [0, 0.1) is 13.8 Å². The van der Waals surface area contributed by atoms with Gasteiger partial charge in [-0.05, 0) is 31.0 Å². The van der Waals surface area contributed by atoms with Gasteiger partial charge in [-0.3, -0.25) is 0 Å². The molecule has 0 bridgehead atoms. The molecule has 0 radical (unpaired) electrons. The van der Waals surface area contributed by atoms with E-state index in [-0.39, 0.29) is 6.03 Å². The molecule has 5 heteroatoms. The highest BCUT2D eigenvalue weighted by Gasteiger charge is 2.08. The van der Waals surface area contributed by atoms with Gasteiger partial charge in [0.2, 0.25) is 5.88 Å². The second-order valence-electron chi connectivity index (χ2n) is 4.75. The number of carbonyl (C=O) groups excluding carboxylic acids is 1. The van der Waals surface area contributed by atoms with E-state index in [1.165, 1.54) is 0 Å². The molecule has 0 atom stereocenters. The van der Waals surface area contributed by atoms with Gasteiger partial charge in [-0.25, -0.2) is 9.78 Å². The highest BCUT2D eigenvalue weighted by molar-refractivity contribution is 5.90. The Labute approximate surface area is 124 Å². The van der Waals surface area contributed by atoms with E-state index < -0.39 is 0 Å². The molecule has 0 saturated carbocycles. The standard InChI is InChI=1S/C16H19N3O2/c1-11-6-4-7-12(2)14(11)19-16(20)18-10-13-8-5-9-17-15(13)21-3/h4-9H,10H2,1-3H3,(H2,18,19,20). The zero-order valence-corrected chi connectivity index (χ0v) is 12.4. The van der Waals surface area contributed by atoms with E-state index in [0.29, 0.717) is 12.4 Å². The van der Waals surface area contributed by atoms with Crippen molar-refractivity contribution in [3.8, 4) is 5.88 Å². The van der Waals surface area contributed by atoms with Gasteiger partial charge >= 0.3 is 6.03 Å². The number of benzene rings is 1. The lowest BCUT2D eigenvalue weighted by Crippen LogP contribution is -2.29. The van der Waals surface area contributed by atoms with Crippen LogP contribution in [-0.2, 0) is 6.54 Å². The van der Waals surface area contributed by atoms with Crippen LogP contribution in [0.15, 0.2) is 36.5 Å². The second kappa shape index (κ2) is 6.74. The number of para-hydroxylation sites is 1. The number of aromatic nitrogens is 1. The summed E-state index contributed by atoms with van der Waals surface area (Å²) in [7, 11) is 1.56.